The summed E-state index contributed by atoms with van der Waals surface area (Å²) in [4.78, 5) is 0. The first-order valence-electron chi connectivity index (χ1n) is 4.61. The summed E-state index contributed by atoms with van der Waals surface area (Å²) in [6.07, 6.45) is 1.97. The van der Waals surface area contributed by atoms with E-state index in [1.165, 1.54) is 15.6 Å². The summed E-state index contributed by atoms with van der Waals surface area (Å²) in [6.45, 7) is 1.91. The van der Waals surface area contributed by atoms with Crippen LogP contribution in [0.15, 0.2) is 20.1 Å². The highest BCUT2D eigenvalue weighted by atomic mass is 79.9. The van der Waals surface area contributed by atoms with Crippen LogP contribution in [0.1, 0.15) is 6.92 Å². The third-order valence-corrected chi connectivity index (χ3v) is 7.66. The fourth-order valence-corrected chi connectivity index (χ4v) is 5.82. The van der Waals surface area contributed by atoms with Crippen LogP contribution in [-0.2, 0) is 10.0 Å². The summed E-state index contributed by atoms with van der Waals surface area (Å²) in [7, 11) is -1.73. The maximum absolute atomic E-state index is 12.2. The Morgan fingerprint density at radius 2 is 2.25 bits per heavy atom. The van der Waals surface area contributed by atoms with Crippen molar-refractivity contribution in [1.29, 1.82) is 0 Å². The highest BCUT2D eigenvalue weighted by Crippen LogP contribution is 2.30. The molecule has 1 rings (SSSR count). The lowest BCUT2D eigenvalue weighted by Crippen LogP contribution is -2.36. The number of hydrogen-bond donors (Lipinski definition) is 0. The molecule has 1 atom stereocenters. The third kappa shape index (κ3) is 3.01. The Morgan fingerprint density at radius 3 is 2.69 bits per heavy atom. The van der Waals surface area contributed by atoms with E-state index in [9.17, 15) is 8.42 Å². The lowest BCUT2D eigenvalue weighted by Gasteiger charge is -2.23. The smallest absolute Gasteiger partial charge is 0.206 e. The molecule has 3 nitrogen and oxygen atoms in total. The maximum atomic E-state index is 12.2. The van der Waals surface area contributed by atoms with Gasteiger partial charge in [-0.3, -0.25) is 0 Å². The van der Waals surface area contributed by atoms with Crippen molar-refractivity contribution in [2.75, 3.05) is 19.1 Å². The van der Waals surface area contributed by atoms with Gasteiger partial charge in [0.1, 0.15) is 4.21 Å². The van der Waals surface area contributed by atoms with E-state index < -0.39 is 10.0 Å². The van der Waals surface area contributed by atoms with Crippen LogP contribution >= 0.6 is 39.0 Å². The van der Waals surface area contributed by atoms with Crippen LogP contribution in [0.5, 0.6) is 0 Å². The molecule has 1 aromatic rings. The fraction of sp³-hybridized carbons (Fsp3) is 0.556. The molecule has 0 fully saturated rings. The van der Waals surface area contributed by atoms with Crippen LogP contribution in [0.4, 0.5) is 0 Å². The van der Waals surface area contributed by atoms with Crippen molar-refractivity contribution in [3.05, 3.63) is 15.9 Å². The molecule has 92 valence electrons. The SMILES string of the molecule is CSCC(C)N(C)S(=O)(=O)c1sccc1Br. The average Bonchev–Trinajstić information content (AvgIpc) is 2.64. The molecule has 0 aliphatic heterocycles. The zero-order valence-corrected chi connectivity index (χ0v) is 13.3. The van der Waals surface area contributed by atoms with E-state index in [1.54, 1.807) is 30.3 Å². The van der Waals surface area contributed by atoms with Crippen molar-refractivity contribution in [2.45, 2.75) is 17.2 Å². The second-order valence-corrected chi connectivity index (χ2v) is 8.26. The highest BCUT2D eigenvalue weighted by molar-refractivity contribution is 9.10. The lowest BCUT2D eigenvalue weighted by atomic mass is 10.4. The van der Waals surface area contributed by atoms with Gasteiger partial charge < -0.3 is 0 Å². The Kier molecular flexibility index (Phi) is 5.31. The predicted octanol–water partition coefficient (Wildman–Crippen LogP) is 2.88. The molecule has 0 radical (unpaired) electrons. The Hall–Kier alpha value is 0.440. The van der Waals surface area contributed by atoms with E-state index in [2.05, 4.69) is 15.9 Å². The average molecular weight is 344 g/mol. The molecule has 0 saturated carbocycles. The number of nitrogens with zero attached hydrogens (tertiary/aromatic N) is 1. The minimum absolute atomic E-state index is 0.00556. The lowest BCUT2D eigenvalue weighted by molar-refractivity contribution is 0.416. The first kappa shape index (κ1) is 14.5. The first-order chi connectivity index (χ1) is 7.41. The zero-order valence-electron chi connectivity index (χ0n) is 9.31. The van der Waals surface area contributed by atoms with Crippen LogP contribution in [0, 0.1) is 0 Å². The van der Waals surface area contributed by atoms with Gasteiger partial charge in [-0.2, -0.15) is 16.1 Å². The fourth-order valence-electron chi connectivity index (χ4n) is 1.18. The van der Waals surface area contributed by atoms with Crippen molar-refractivity contribution in [3.8, 4) is 0 Å². The Morgan fingerprint density at radius 1 is 1.62 bits per heavy atom. The standard InChI is InChI=1S/C9H14BrNO2S3/c1-7(6-14-3)11(2)16(12,13)9-8(10)4-5-15-9/h4-5,7H,6H2,1-3H3. The van der Waals surface area contributed by atoms with Crippen molar-refractivity contribution in [2.24, 2.45) is 0 Å². The van der Waals surface area contributed by atoms with Crippen LogP contribution in [0.3, 0.4) is 0 Å². The molecule has 0 N–H and O–H groups in total. The molecule has 7 heteroatoms. The van der Waals surface area contributed by atoms with E-state index in [0.717, 1.165) is 5.75 Å². The van der Waals surface area contributed by atoms with Gasteiger partial charge in [0.05, 0.1) is 0 Å². The maximum Gasteiger partial charge on any atom is 0.253 e. The third-order valence-electron chi connectivity index (χ3n) is 2.23. The summed E-state index contributed by atoms with van der Waals surface area (Å²) in [6, 6.07) is 1.75. The molecule has 0 saturated heterocycles. The van der Waals surface area contributed by atoms with Gasteiger partial charge in [-0.25, -0.2) is 8.42 Å². The molecule has 1 heterocycles. The van der Waals surface area contributed by atoms with Gasteiger partial charge >= 0.3 is 0 Å². The molecular weight excluding hydrogens is 330 g/mol. The van der Waals surface area contributed by atoms with Gasteiger partial charge in [0.25, 0.3) is 10.0 Å². The summed E-state index contributed by atoms with van der Waals surface area (Å²) in [5.41, 5.74) is 0. The summed E-state index contributed by atoms with van der Waals surface area (Å²) >= 11 is 6.14. The van der Waals surface area contributed by atoms with Crippen molar-refractivity contribution < 1.29 is 8.42 Å². The topological polar surface area (TPSA) is 37.4 Å². The van der Waals surface area contributed by atoms with Gasteiger partial charge in [0.15, 0.2) is 0 Å². The van der Waals surface area contributed by atoms with Gasteiger partial charge in [-0.05, 0) is 40.6 Å². The molecule has 0 bridgehead atoms. The quantitative estimate of drug-likeness (QED) is 0.824. The van der Waals surface area contributed by atoms with E-state index in [1.807, 2.05) is 13.2 Å². The monoisotopic (exact) mass is 343 g/mol. The number of thiophene rings is 1. The zero-order chi connectivity index (χ0) is 12.3. The molecule has 0 amide bonds. The normalized spacial score (nSPS) is 14.3. The first-order valence-corrected chi connectivity index (χ1v) is 9.12. The molecule has 0 aliphatic rings. The van der Waals surface area contributed by atoms with Crippen LogP contribution in [-0.4, -0.2) is 37.8 Å². The Balaban J connectivity index is 2.99. The Labute approximate surface area is 113 Å². The van der Waals surface area contributed by atoms with E-state index in [0.29, 0.717) is 8.68 Å². The summed E-state index contributed by atoms with van der Waals surface area (Å²) in [5, 5.41) is 1.77. The molecule has 0 aliphatic carbocycles. The van der Waals surface area contributed by atoms with Gasteiger partial charge in [-0.15, -0.1) is 11.3 Å². The van der Waals surface area contributed by atoms with Gasteiger partial charge in [0, 0.05) is 23.3 Å². The molecular formula is C9H14BrNO2S3. The Bertz CT molecular complexity index is 443. The van der Waals surface area contributed by atoms with Gasteiger partial charge in [-0.1, -0.05) is 0 Å². The van der Waals surface area contributed by atoms with Crippen molar-refractivity contribution >= 4 is 49.1 Å². The second kappa shape index (κ2) is 5.86. The number of halogens is 1. The largest absolute Gasteiger partial charge is 0.253 e. The van der Waals surface area contributed by atoms with E-state index >= 15 is 0 Å². The van der Waals surface area contributed by atoms with Crippen LogP contribution in [0.25, 0.3) is 0 Å². The summed E-state index contributed by atoms with van der Waals surface area (Å²) < 4.78 is 26.9. The summed E-state index contributed by atoms with van der Waals surface area (Å²) in [5.74, 6) is 0.790. The predicted molar refractivity (Wildman–Crippen MR) is 74.8 cm³/mol. The molecule has 0 aromatic carbocycles. The van der Waals surface area contributed by atoms with Gasteiger partial charge in [0.2, 0.25) is 0 Å². The van der Waals surface area contributed by atoms with Crippen molar-refractivity contribution in [1.82, 2.24) is 4.31 Å². The molecule has 1 aromatic heterocycles. The molecule has 0 spiro atoms. The molecule has 1 unspecified atom stereocenters. The van der Waals surface area contributed by atoms with Crippen LogP contribution in [0.2, 0.25) is 0 Å². The second-order valence-electron chi connectivity index (χ2n) is 3.38. The van der Waals surface area contributed by atoms with E-state index in [-0.39, 0.29) is 6.04 Å². The van der Waals surface area contributed by atoms with E-state index in [4.69, 9.17) is 0 Å². The van der Waals surface area contributed by atoms with Crippen LogP contribution < -0.4 is 0 Å². The number of thioether (sulfide) groups is 1. The number of rotatable bonds is 5. The number of hydrogen-bond acceptors (Lipinski definition) is 4. The molecule has 16 heavy (non-hydrogen) atoms. The minimum Gasteiger partial charge on any atom is -0.206 e. The van der Waals surface area contributed by atoms with Crippen molar-refractivity contribution in [3.63, 3.8) is 0 Å². The number of sulfonamides is 1. The minimum atomic E-state index is -3.36. The highest BCUT2D eigenvalue weighted by Gasteiger charge is 2.27.